The topological polar surface area (TPSA) is 72.0 Å². The molecular formula is C12H13F2N5O. The molecule has 0 bridgehead atoms. The van der Waals surface area contributed by atoms with E-state index in [1.54, 1.807) is 14.0 Å². The smallest absolute Gasteiger partial charge is 0.323 e. The van der Waals surface area contributed by atoms with Crippen LogP contribution in [0.4, 0.5) is 26.4 Å². The molecule has 20 heavy (non-hydrogen) atoms. The number of hydrogen-bond acceptors (Lipinski definition) is 6. The molecule has 0 radical (unpaired) electrons. The SMILES string of the molecule is CCOc1nc(NC)nc(Nc2cc(F)cc(F)c2)n1. The highest BCUT2D eigenvalue weighted by molar-refractivity contribution is 5.54. The Morgan fingerprint density at radius 1 is 1.05 bits per heavy atom. The molecule has 0 atom stereocenters. The van der Waals surface area contributed by atoms with Gasteiger partial charge in [-0.1, -0.05) is 0 Å². The van der Waals surface area contributed by atoms with E-state index in [0.29, 0.717) is 6.61 Å². The molecule has 0 spiro atoms. The van der Waals surface area contributed by atoms with Crippen LogP contribution < -0.4 is 15.4 Å². The third-order valence-electron chi connectivity index (χ3n) is 2.23. The van der Waals surface area contributed by atoms with Crippen molar-refractivity contribution in [3.63, 3.8) is 0 Å². The van der Waals surface area contributed by atoms with Crippen molar-refractivity contribution >= 4 is 17.6 Å². The fourth-order valence-electron chi connectivity index (χ4n) is 1.47. The van der Waals surface area contributed by atoms with Crippen LogP contribution in [0.5, 0.6) is 6.01 Å². The minimum absolute atomic E-state index is 0.117. The van der Waals surface area contributed by atoms with E-state index in [1.165, 1.54) is 0 Å². The normalized spacial score (nSPS) is 10.2. The summed E-state index contributed by atoms with van der Waals surface area (Å²) in [5.74, 6) is -0.985. The predicted molar refractivity (Wildman–Crippen MR) is 70.2 cm³/mol. The zero-order chi connectivity index (χ0) is 14.5. The van der Waals surface area contributed by atoms with Gasteiger partial charge in [-0.25, -0.2) is 8.78 Å². The Morgan fingerprint density at radius 3 is 2.30 bits per heavy atom. The van der Waals surface area contributed by atoms with E-state index in [9.17, 15) is 8.78 Å². The van der Waals surface area contributed by atoms with Crippen molar-refractivity contribution in [3.05, 3.63) is 29.8 Å². The van der Waals surface area contributed by atoms with Gasteiger partial charge >= 0.3 is 6.01 Å². The highest BCUT2D eigenvalue weighted by Crippen LogP contribution is 2.18. The summed E-state index contributed by atoms with van der Waals surface area (Å²) < 4.78 is 31.4. The van der Waals surface area contributed by atoms with Gasteiger partial charge in [-0.15, -0.1) is 0 Å². The van der Waals surface area contributed by atoms with E-state index in [0.717, 1.165) is 18.2 Å². The number of benzene rings is 1. The lowest BCUT2D eigenvalue weighted by atomic mass is 10.3. The van der Waals surface area contributed by atoms with Crippen LogP contribution in [0.1, 0.15) is 6.92 Å². The van der Waals surface area contributed by atoms with Crippen LogP contribution in [0, 0.1) is 11.6 Å². The van der Waals surface area contributed by atoms with Crippen LogP contribution in [-0.4, -0.2) is 28.6 Å². The first-order chi connectivity index (χ1) is 9.60. The summed E-state index contributed by atoms with van der Waals surface area (Å²) in [4.78, 5) is 12.0. The summed E-state index contributed by atoms with van der Waals surface area (Å²) in [6, 6.07) is 3.16. The lowest BCUT2D eigenvalue weighted by Gasteiger charge is -2.08. The Kier molecular flexibility index (Phi) is 4.24. The van der Waals surface area contributed by atoms with Crippen molar-refractivity contribution in [1.29, 1.82) is 0 Å². The van der Waals surface area contributed by atoms with Crippen molar-refractivity contribution < 1.29 is 13.5 Å². The average Bonchev–Trinajstić information content (AvgIpc) is 2.37. The minimum Gasteiger partial charge on any atom is -0.464 e. The van der Waals surface area contributed by atoms with Crippen LogP contribution in [-0.2, 0) is 0 Å². The molecular weight excluding hydrogens is 268 g/mol. The maximum atomic E-state index is 13.1. The molecule has 0 fully saturated rings. The van der Waals surface area contributed by atoms with E-state index in [-0.39, 0.29) is 23.6 Å². The third-order valence-corrected chi connectivity index (χ3v) is 2.23. The zero-order valence-electron chi connectivity index (χ0n) is 10.9. The molecule has 106 valence electrons. The summed E-state index contributed by atoms with van der Waals surface area (Å²) in [5, 5.41) is 5.44. The molecule has 0 saturated heterocycles. The van der Waals surface area contributed by atoms with E-state index >= 15 is 0 Å². The fraction of sp³-hybridized carbons (Fsp3) is 0.250. The fourth-order valence-corrected chi connectivity index (χ4v) is 1.47. The molecule has 0 unspecified atom stereocenters. The first-order valence-electron chi connectivity index (χ1n) is 5.90. The first-order valence-corrected chi connectivity index (χ1v) is 5.90. The van der Waals surface area contributed by atoms with Gasteiger partial charge in [0.2, 0.25) is 11.9 Å². The summed E-state index contributed by atoms with van der Waals surface area (Å²) in [5.41, 5.74) is 0.193. The standard InChI is InChI=1S/C12H13F2N5O/c1-3-20-12-18-10(15-2)17-11(19-12)16-9-5-7(13)4-8(14)6-9/h4-6H,3H2,1-2H3,(H2,15,16,17,18,19). The minimum atomic E-state index is -0.694. The van der Waals surface area contributed by atoms with Gasteiger partial charge in [0.25, 0.3) is 0 Å². The van der Waals surface area contributed by atoms with E-state index in [1.807, 2.05) is 0 Å². The molecule has 1 heterocycles. The number of nitrogens with one attached hydrogen (secondary N) is 2. The molecule has 1 aromatic heterocycles. The second-order valence-electron chi connectivity index (χ2n) is 3.73. The molecule has 1 aromatic carbocycles. The Bertz CT molecular complexity index is 588. The van der Waals surface area contributed by atoms with Crippen LogP contribution in [0.25, 0.3) is 0 Å². The van der Waals surface area contributed by atoms with Crippen LogP contribution >= 0.6 is 0 Å². The summed E-state index contributed by atoms with van der Waals surface area (Å²) in [7, 11) is 1.64. The lowest BCUT2D eigenvalue weighted by molar-refractivity contribution is 0.312. The second-order valence-corrected chi connectivity index (χ2v) is 3.73. The molecule has 0 aliphatic carbocycles. The van der Waals surface area contributed by atoms with Crippen molar-refractivity contribution in [1.82, 2.24) is 15.0 Å². The van der Waals surface area contributed by atoms with E-state index < -0.39 is 11.6 Å². The number of hydrogen-bond donors (Lipinski definition) is 2. The molecule has 2 rings (SSSR count). The average molecular weight is 281 g/mol. The molecule has 0 aliphatic rings. The highest BCUT2D eigenvalue weighted by atomic mass is 19.1. The van der Waals surface area contributed by atoms with Gasteiger partial charge in [-0.2, -0.15) is 15.0 Å². The van der Waals surface area contributed by atoms with Crippen LogP contribution in [0.3, 0.4) is 0 Å². The van der Waals surface area contributed by atoms with Crippen molar-refractivity contribution in [2.75, 3.05) is 24.3 Å². The molecule has 8 heteroatoms. The van der Waals surface area contributed by atoms with Gasteiger partial charge in [-0.05, 0) is 19.1 Å². The number of ether oxygens (including phenoxy) is 1. The monoisotopic (exact) mass is 281 g/mol. The van der Waals surface area contributed by atoms with Crippen molar-refractivity contribution in [2.45, 2.75) is 6.92 Å². The Hall–Kier alpha value is -2.51. The maximum Gasteiger partial charge on any atom is 0.323 e. The maximum absolute atomic E-state index is 13.1. The number of rotatable bonds is 5. The first kappa shape index (κ1) is 13.9. The second kappa shape index (κ2) is 6.09. The predicted octanol–water partition coefficient (Wildman–Crippen LogP) is 2.33. The Labute approximate surface area is 114 Å². The largest absolute Gasteiger partial charge is 0.464 e. The quantitative estimate of drug-likeness (QED) is 0.876. The summed E-state index contributed by atoms with van der Waals surface area (Å²) >= 11 is 0. The van der Waals surface area contributed by atoms with Crippen molar-refractivity contribution in [2.24, 2.45) is 0 Å². The van der Waals surface area contributed by atoms with E-state index in [4.69, 9.17) is 4.74 Å². The Balaban J connectivity index is 2.29. The molecule has 0 amide bonds. The van der Waals surface area contributed by atoms with Crippen LogP contribution in [0.2, 0.25) is 0 Å². The number of anilines is 3. The van der Waals surface area contributed by atoms with Gasteiger partial charge in [0, 0.05) is 18.8 Å². The number of nitrogens with zero attached hydrogens (tertiary/aromatic N) is 3. The van der Waals surface area contributed by atoms with Gasteiger partial charge in [-0.3, -0.25) is 0 Å². The van der Waals surface area contributed by atoms with E-state index in [2.05, 4.69) is 25.6 Å². The summed E-state index contributed by atoms with van der Waals surface area (Å²) in [6.07, 6.45) is 0. The summed E-state index contributed by atoms with van der Waals surface area (Å²) in [6.45, 7) is 2.18. The van der Waals surface area contributed by atoms with Gasteiger partial charge < -0.3 is 15.4 Å². The van der Waals surface area contributed by atoms with Gasteiger partial charge in [0.1, 0.15) is 11.6 Å². The van der Waals surface area contributed by atoms with Gasteiger partial charge in [0.05, 0.1) is 6.61 Å². The third kappa shape index (κ3) is 3.50. The van der Waals surface area contributed by atoms with Crippen LogP contribution in [0.15, 0.2) is 18.2 Å². The molecule has 2 N–H and O–H groups in total. The molecule has 6 nitrogen and oxygen atoms in total. The van der Waals surface area contributed by atoms with Gasteiger partial charge in [0.15, 0.2) is 0 Å². The highest BCUT2D eigenvalue weighted by Gasteiger charge is 2.08. The number of halogens is 2. The lowest BCUT2D eigenvalue weighted by Crippen LogP contribution is -2.07. The van der Waals surface area contributed by atoms with Crippen molar-refractivity contribution in [3.8, 4) is 6.01 Å². The Morgan fingerprint density at radius 2 is 1.70 bits per heavy atom. The zero-order valence-corrected chi connectivity index (χ0v) is 10.9. The molecule has 0 aliphatic heterocycles. The number of aromatic nitrogens is 3. The molecule has 2 aromatic rings. The molecule has 0 saturated carbocycles.